The SMILES string of the molecule is NNc1c(C(F)F)cccc1C(O)C(=O)O. The van der Waals surface area contributed by atoms with E-state index in [1.165, 1.54) is 12.1 Å². The van der Waals surface area contributed by atoms with E-state index >= 15 is 0 Å². The Kier molecular flexibility index (Phi) is 3.75. The predicted molar refractivity (Wildman–Crippen MR) is 51.8 cm³/mol. The standard InChI is InChI=1S/C9H10F2N2O3/c10-8(11)5-3-1-2-4(6(5)13-12)7(14)9(15)16/h1-3,7-8,13-14H,12H2,(H,15,16). The van der Waals surface area contributed by atoms with E-state index < -0.39 is 24.1 Å². The van der Waals surface area contributed by atoms with Crippen molar-refractivity contribution in [2.24, 2.45) is 5.84 Å². The number of anilines is 1. The number of carboxylic acids is 1. The number of aliphatic hydroxyl groups excluding tert-OH is 1. The summed E-state index contributed by atoms with van der Waals surface area (Å²) in [4.78, 5) is 10.5. The van der Waals surface area contributed by atoms with Crippen LogP contribution in [0.3, 0.4) is 0 Å². The lowest BCUT2D eigenvalue weighted by Crippen LogP contribution is -2.17. The van der Waals surface area contributed by atoms with Crippen molar-refractivity contribution in [2.45, 2.75) is 12.5 Å². The Morgan fingerprint density at radius 3 is 2.38 bits per heavy atom. The van der Waals surface area contributed by atoms with Crippen molar-refractivity contribution in [2.75, 3.05) is 5.43 Å². The van der Waals surface area contributed by atoms with E-state index in [9.17, 15) is 18.7 Å². The average Bonchev–Trinajstić information content (AvgIpc) is 2.26. The molecule has 0 amide bonds. The second-order valence-corrected chi connectivity index (χ2v) is 3.00. The average molecular weight is 232 g/mol. The third-order valence-electron chi connectivity index (χ3n) is 2.04. The Morgan fingerprint density at radius 2 is 1.94 bits per heavy atom. The summed E-state index contributed by atoms with van der Waals surface area (Å²) in [5.74, 6) is 3.50. The number of carboxylic acid groups (broad SMARTS) is 1. The minimum Gasteiger partial charge on any atom is -0.479 e. The number of aliphatic carboxylic acids is 1. The van der Waals surface area contributed by atoms with Crippen molar-refractivity contribution in [3.8, 4) is 0 Å². The zero-order chi connectivity index (χ0) is 12.3. The Hall–Kier alpha value is -1.73. The van der Waals surface area contributed by atoms with E-state index in [0.29, 0.717) is 0 Å². The molecular weight excluding hydrogens is 222 g/mol. The fourth-order valence-corrected chi connectivity index (χ4v) is 1.30. The Balaban J connectivity index is 3.29. The zero-order valence-corrected chi connectivity index (χ0v) is 8.02. The van der Waals surface area contributed by atoms with E-state index in [-0.39, 0.29) is 11.3 Å². The monoisotopic (exact) mass is 232 g/mol. The van der Waals surface area contributed by atoms with Gasteiger partial charge in [0.05, 0.1) is 5.69 Å². The molecule has 0 aliphatic carbocycles. The molecule has 1 aromatic carbocycles. The number of nitrogen functional groups attached to an aromatic ring is 1. The van der Waals surface area contributed by atoms with Crippen LogP contribution in [0, 0.1) is 0 Å². The molecule has 0 aliphatic heterocycles. The molecule has 5 N–H and O–H groups in total. The molecule has 0 saturated heterocycles. The van der Waals surface area contributed by atoms with Gasteiger partial charge in [-0.3, -0.25) is 5.84 Å². The molecule has 1 unspecified atom stereocenters. The molecule has 1 atom stereocenters. The molecule has 0 aliphatic rings. The predicted octanol–water partition coefficient (Wildman–Crippen LogP) is 1.03. The summed E-state index contributed by atoms with van der Waals surface area (Å²) in [6, 6.07) is 3.53. The Morgan fingerprint density at radius 1 is 1.38 bits per heavy atom. The molecule has 1 aromatic rings. The minimum absolute atomic E-state index is 0.201. The first kappa shape index (κ1) is 12.3. The van der Waals surface area contributed by atoms with Gasteiger partial charge in [0.1, 0.15) is 0 Å². The van der Waals surface area contributed by atoms with E-state index in [4.69, 9.17) is 10.9 Å². The zero-order valence-electron chi connectivity index (χ0n) is 8.02. The van der Waals surface area contributed by atoms with Crippen molar-refractivity contribution in [1.29, 1.82) is 0 Å². The van der Waals surface area contributed by atoms with Crippen LogP contribution in [0.15, 0.2) is 18.2 Å². The molecule has 0 radical (unpaired) electrons. The molecule has 1 rings (SSSR count). The van der Waals surface area contributed by atoms with Gasteiger partial charge in [0.25, 0.3) is 6.43 Å². The first-order valence-corrected chi connectivity index (χ1v) is 4.27. The minimum atomic E-state index is -2.81. The van der Waals surface area contributed by atoms with Gasteiger partial charge in [-0.15, -0.1) is 0 Å². The third kappa shape index (κ3) is 2.26. The van der Waals surface area contributed by atoms with E-state index in [1.54, 1.807) is 0 Å². The summed E-state index contributed by atoms with van der Waals surface area (Å²) < 4.78 is 25.1. The number of nitrogens with two attached hydrogens (primary N) is 1. The molecule has 0 heterocycles. The number of hydrogen-bond donors (Lipinski definition) is 4. The maximum absolute atomic E-state index is 12.5. The van der Waals surface area contributed by atoms with Gasteiger partial charge < -0.3 is 15.6 Å². The highest BCUT2D eigenvalue weighted by atomic mass is 19.3. The number of hydrazine groups is 1. The number of benzene rings is 1. The van der Waals surface area contributed by atoms with Crippen LogP contribution in [0.5, 0.6) is 0 Å². The van der Waals surface area contributed by atoms with Crippen molar-refractivity contribution in [3.63, 3.8) is 0 Å². The molecule has 5 nitrogen and oxygen atoms in total. The Bertz CT molecular complexity index is 398. The lowest BCUT2D eigenvalue weighted by Gasteiger charge is -2.15. The highest BCUT2D eigenvalue weighted by molar-refractivity contribution is 5.77. The quantitative estimate of drug-likeness (QED) is 0.459. The summed E-state index contributed by atoms with van der Waals surface area (Å²) >= 11 is 0. The molecule has 7 heteroatoms. The van der Waals surface area contributed by atoms with Gasteiger partial charge in [0.15, 0.2) is 6.10 Å². The normalized spacial score (nSPS) is 12.6. The number of hydrogen-bond acceptors (Lipinski definition) is 4. The van der Waals surface area contributed by atoms with Gasteiger partial charge in [0, 0.05) is 11.1 Å². The second-order valence-electron chi connectivity index (χ2n) is 3.00. The van der Waals surface area contributed by atoms with Crippen molar-refractivity contribution in [1.82, 2.24) is 0 Å². The Labute approximate surface area is 89.5 Å². The molecule has 0 aromatic heterocycles. The number of nitrogens with one attached hydrogen (secondary N) is 1. The summed E-state index contributed by atoms with van der Waals surface area (Å²) in [5.41, 5.74) is 1.05. The first-order valence-electron chi connectivity index (χ1n) is 4.27. The highest BCUT2D eigenvalue weighted by Crippen LogP contribution is 2.32. The second kappa shape index (κ2) is 4.86. The number of halogens is 2. The summed E-state index contributed by atoms with van der Waals surface area (Å²) in [6.07, 6.45) is -4.71. The number of alkyl halides is 2. The van der Waals surface area contributed by atoms with Crippen molar-refractivity contribution >= 4 is 11.7 Å². The van der Waals surface area contributed by atoms with Gasteiger partial charge >= 0.3 is 5.97 Å². The number of carbonyl (C=O) groups is 1. The first-order chi connectivity index (χ1) is 7.49. The molecule has 0 bridgehead atoms. The number of aliphatic hydroxyl groups is 1. The molecule has 88 valence electrons. The van der Waals surface area contributed by atoms with Crippen LogP contribution < -0.4 is 11.3 Å². The van der Waals surface area contributed by atoms with Gasteiger partial charge in [-0.05, 0) is 0 Å². The van der Waals surface area contributed by atoms with Crippen LogP contribution in [0.2, 0.25) is 0 Å². The van der Waals surface area contributed by atoms with Crippen LogP contribution >= 0.6 is 0 Å². The van der Waals surface area contributed by atoms with Gasteiger partial charge in [-0.2, -0.15) is 0 Å². The molecule has 16 heavy (non-hydrogen) atoms. The van der Waals surface area contributed by atoms with Crippen LogP contribution in [0.1, 0.15) is 23.7 Å². The van der Waals surface area contributed by atoms with Crippen molar-refractivity contribution < 1.29 is 23.8 Å². The van der Waals surface area contributed by atoms with Crippen LogP contribution in [-0.4, -0.2) is 16.2 Å². The fourth-order valence-electron chi connectivity index (χ4n) is 1.30. The summed E-state index contributed by atoms with van der Waals surface area (Å²) in [6.45, 7) is 0. The van der Waals surface area contributed by atoms with Gasteiger partial charge in [-0.1, -0.05) is 18.2 Å². The third-order valence-corrected chi connectivity index (χ3v) is 2.04. The van der Waals surface area contributed by atoms with Crippen molar-refractivity contribution in [3.05, 3.63) is 29.3 Å². The van der Waals surface area contributed by atoms with Gasteiger partial charge in [0.2, 0.25) is 0 Å². The fraction of sp³-hybridized carbons (Fsp3) is 0.222. The van der Waals surface area contributed by atoms with E-state index in [1.807, 2.05) is 5.43 Å². The van der Waals surface area contributed by atoms with E-state index in [2.05, 4.69) is 0 Å². The molecule has 0 saturated carbocycles. The lowest BCUT2D eigenvalue weighted by atomic mass is 10.0. The molecular formula is C9H10F2N2O3. The number of para-hydroxylation sites is 1. The lowest BCUT2D eigenvalue weighted by molar-refractivity contribution is -0.146. The highest BCUT2D eigenvalue weighted by Gasteiger charge is 2.23. The van der Waals surface area contributed by atoms with Crippen LogP contribution in [0.25, 0.3) is 0 Å². The maximum Gasteiger partial charge on any atom is 0.337 e. The largest absolute Gasteiger partial charge is 0.479 e. The molecule has 0 fully saturated rings. The topological polar surface area (TPSA) is 95.6 Å². The van der Waals surface area contributed by atoms with Crippen LogP contribution in [0.4, 0.5) is 14.5 Å². The number of rotatable bonds is 4. The summed E-state index contributed by atoms with van der Waals surface area (Å²) in [5, 5.41) is 17.9. The summed E-state index contributed by atoms with van der Waals surface area (Å²) in [7, 11) is 0. The molecule has 0 spiro atoms. The van der Waals surface area contributed by atoms with Crippen LogP contribution in [-0.2, 0) is 4.79 Å². The smallest absolute Gasteiger partial charge is 0.337 e. The maximum atomic E-state index is 12.5. The van der Waals surface area contributed by atoms with E-state index in [0.717, 1.165) is 6.07 Å². The van der Waals surface area contributed by atoms with Gasteiger partial charge in [-0.25, -0.2) is 13.6 Å².